The molecule has 4 nitrogen and oxygen atoms in total. The minimum absolute atomic E-state index is 0.00852. The molecule has 2 N–H and O–H groups in total. The Bertz CT molecular complexity index is 403. The van der Waals surface area contributed by atoms with E-state index in [1.807, 2.05) is 20.8 Å². The molecule has 0 radical (unpaired) electrons. The van der Waals surface area contributed by atoms with Gasteiger partial charge in [0.25, 0.3) is 0 Å². The molecule has 1 aromatic rings. The maximum atomic E-state index is 9.93. The molecule has 0 aliphatic heterocycles. The lowest BCUT2D eigenvalue weighted by Gasteiger charge is -2.18. The topological polar surface area (TPSA) is 50.7 Å². The molecule has 1 aromatic carbocycles. The second kappa shape index (κ2) is 8.62. The fraction of sp³-hybridized carbons (Fsp3) is 0.600. The highest BCUT2D eigenvalue weighted by Crippen LogP contribution is 2.24. The van der Waals surface area contributed by atoms with Gasteiger partial charge in [-0.1, -0.05) is 15.9 Å². The summed E-state index contributed by atoms with van der Waals surface area (Å²) in [5, 5.41) is 13.2. The molecule has 0 aliphatic rings. The van der Waals surface area contributed by atoms with Gasteiger partial charge in [0.15, 0.2) is 0 Å². The van der Waals surface area contributed by atoms with E-state index in [9.17, 15) is 5.11 Å². The van der Waals surface area contributed by atoms with Gasteiger partial charge in [-0.3, -0.25) is 0 Å². The SMILES string of the molecule is COCC(C)OCC(O)CNc1c(C)cc(Br)cc1C. The Morgan fingerprint density at radius 1 is 1.25 bits per heavy atom. The highest BCUT2D eigenvalue weighted by atomic mass is 79.9. The van der Waals surface area contributed by atoms with Crippen molar-refractivity contribution in [2.45, 2.75) is 33.0 Å². The van der Waals surface area contributed by atoms with E-state index in [1.54, 1.807) is 7.11 Å². The van der Waals surface area contributed by atoms with Gasteiger partial charge in [0, 0.05) is 23.8 Å². The summed E-state index contributed by atoms with van der Waals surface area (Å²) in [5.41, 5.74) is 3.37. The van der Waals surface area contributed by atoms with Crippen molar-refractivity contribution in [2.24, 2.45) is 0 Å². The third kappa shape index (κ3) is 5.79. The summed E-state index contributed by atoms with van der Waals surface area (Å²) in [6, 6.07) is 4.11. The van der Waals surface area contributed by atoms with Crippen LogP contribution in [0.2, 0.25) is 0 Å². The number of hydrogen-bond acceptors (Lipinski definition) is 4. The average Bonchev–Trinajstić information content (AvgIpc) is 2.35. The number of rotatable bonds is 8. The third-order valence-electron chi connectivity index (χ3n) is 2.99. The minimum atomic E-state index is -0.545. The Hall–Kier alpha value is -0.620. The van der Waals surface area contributed by atoms with Gasteiger partial charge >= 0.3 is 0 Å². The van der Waals surface area contributed by atoms with Crippen LogP contribution in [-0.4, -0.2) is 44.2 Å². The molecule has 0 bridgehead atoms. The number of benzene rings is 1. The Balaban J connectivity index is 2.43. The number of methoxy groups -OCH3 is 1. The lowest BCUT2D eigenvalue weighted by Crippen LogP contribution is -2.28. The number of aryl methyl sites for hydroxylation is 2. The fourth-order valence-corrected chi connectivity index (χ4v) is 2.71. The smallest absolute Gasteiger partial charge is 0.0945 e. The zero-order valence-corrected chi connectivity index (χ0v) is 14.2. The van der Waals surface area contributed by atoms with Gasteiger partial charge in [-0.15, -0.1) is 0 Å². The normalized spacial score (nSPS) is 14.1. The second-order valence-electron chi connectivity index (χ2n) is 5.05. The van der Waals surface area contributed by atoms with E-state index in [-0.39, 0.29) is 6.10 Å². The van der Waals surface area contributed by atoms with Crippen molar-refractivity contribution in [2.75, 3.05) is 32.2 Å². The van der Waals surface area contributed by atoms with E-state index >= 15 is 0 Å². The zero-order valence-electron chi connectivity index (χ0n) is 12.6. The molecule has 1 rings (SSSR count). The van der Waals surface area contributed by atoms with Crippen molar-refractivity contribution in [3.63, 3.8) is 0 Å². The van der Waals surface area contributed by atoms with Gasteiger partial charge in [0.1, 0.15) is 0 Å². The summed E-state index contributed by atoms with van der Waals surface area (Å²) in [5.74, 6) is 0. The summed E-state index contributed by atoms with van der Waals surface area (Å²) >= 11 is 3.47. The number of ether oxygens (including phenoxy) is 2. The Kier molecular flexibility index (Phi) is 7.51. The molecule has 0 aromatic heterocycles. The van der Waals surface area contributed by atoms with E-state index in [1.165, 1.54) is 0 Å². The Morgan fingerprint density at radius 3 is 2.40 bits per heavy atom. The molecule has 0 spiro atoms. The highest BCUT2D eigenvalue weighted by Gasteiger charge is 2.10. The lowest BCUT2D eigenvalue weighted by molar-refractivity contribution is -0.0282. The predicted octanol–water partition coefficient (Wildman–Crippen LogP) is 2.89. The molecule has 0 saturated carbocycles. The van der Waals surface area contributed by atoms with Crippen molar-refractivity contribution in [1.82, 2.24) is 0 Å². The number of nitrogens with one attached hydrogen (secondary N) is 1. The van der Waals surface area contributed by atoms with Crippen molar-refractivity contribution in [3.8, 4) is 0 Å². The van der Waals surface area contributed by atoms with Gasteiger partial charge in [0.2, 0.25) is 0 Å². The first-order valence-corrected chi connectivity index (χ1v) is 7.52. The van der Waals surface area contributed by atoms with Crippen LogP contribution in [0.25, 0.3) is 0 Å². The van der Waals surface area contributed by atoms with E-state index < -0.39 is 6.10 Å². The van der Waals surface area contributed by atoms with E-state index in [0.717, 1.165) is 21.3 Å². The van der Waals surface area contributed by atoms with Crippen molar-refractivity contribution in [1.29, 1.82) is 0 Å². The quantitative estimate of drug-likeness (QED) is 0.760. The Morgan fingerprint density at radius 2 is 1.85 bits per heavy atom. The second-order valence-corrected chi connectivity index (χ2v) is 5.96. The molecule has 114 valence electrons. The minimum Gasteiger partial charge on any atom is -0.389 e. The van der Waals surface area contributed by atoms with Crippen LogP contribution in [0, 0.1) is 13.8 Å². The number of halogens is 1. The number of anilines is 1. The average molecular weight is 346 g/mol. The summed E-state index contributed by atoms with van der Waals surface area (Å²) in [4.78, 5) is 0. The maximum absolute atomic E-state index is 9.93. The molecule has 0 heterocycles. The summed E-state index contributed by atoms with van der Waals surface area (Å²) in [7, 11) is 1.64. The van der Waals surface area contributed by atoms with E-state index in [2.05, 4.69) is 33.4 Å². The first-order chi connectivity index (χ1) is 9.43. The van der Waals surface area contributed by atoms with Gasteiger partial charge in [-0.05, 0) is 44.0 Å². The Labute approximate surface area is 129 Å². The van der Waals surface area contributed by atoms with Crippen LogP contribution in [0.1, 0.15) is 18.1 Å². The zero-order chi connectivity index (χ0) is 15.1. The van der Waals surface area contributed by atoms with Crippen molar-refractivity contribution >= 4 is 21.6 Å². The van der Waals surface area contributed by atoms with Gasteiger partial charge < -0.3 is 19.9 Å². The number of aliphatic hydroxyl groups excluding tert-OH is 1. The molecule has 2 unspecified atom stereocenters. The third-order valence-corrected chi connectivity index (χ3v) is 3.44. The van der Waals surface area contributed by atoms with Gasteiger partial charge in [-0.2, -0.15) is 0 Å². The van der Waals surface area contributed by atoms with E-state index in [0.29, 0.717) is 19.8 Å². The standard InChI is InChI=1S/C15H24BrNO3/c1-10-5-13(16)6-11(2)15(10)17-7-14(18)9-20-12(3)8-19-4/h5-6,12,14,17-18H,7-9H2,1-4H3. The monoisotopic (exact) mass is 345 g/mol. The molecule has 0 saturated heterocycles. The van der Waals surface area contributed by atoms with Crippen molar-refractivity contribution < 1.29 is 14.6 Å². The summed E-state index contributed by atoms with van der Waals surface area (Å²) < 4.78 is 11.5. The maximum Gasteiger partial charge on any atom is 0.0945 e. The molecule has 2 atom stereocenters. The molecule has 0 fully saturated rings. The van der Waals surface area contributed by atoms with Crippen molar-refractivity contribution in [3.05, 3.63) is 27.7 Å². The summed E-state index contributed by atoms with van der Waals surface area (Å²) in [6.07, 6.45) is -0.553. The largest absolute Gasteiger partial charge is 0.389 e. The van der Waals surface area contributed by atoms with Crippen LogP contribution in [0.3, 0.4) is 0 Å². The highest BCUT2D eigenvalue weighted by molar-refractivity contribution is 9.10. The molecular formula is C15H24BrNO3. The molecular weight excluding hydrogens is 322 g/mol. The molecule has 0 amide bonds. The first kappa shape index (κ1) is 17.4. The van der Waals surface area contributed by atoms with Crippen LogP contribution in [-0.2, 0) is 9.47 Å². The van der Waals surface area contributed by atoms with E-state index in [4.69, 9.17) is 9.47 Å². The summed E-state index contributed by atoms with van der Waals surface area (Å²) in [6.45, 7) is 7.31. The van der Waals surface area contributed by atoms with Crippen LogP contribution in [0.15, 0.2) is 16.6 Å². The van der Waals surface area contributed by atoms with Crippen LogP contribution in [0.5, 0.6) is 0 Å². The molecule has 5 heteroatoms. The van der Waals surface area contributed by atoms with Gasteiger partial charge in [0.05, 0.1) is 25.4 Å². The number of hydrogen-bond donors (Lipinski definition) is 2. The van der Waals surface area contributed by atoms with Gasteiger partial charge in [-0.25, -0.2) is 0 Å². The predicted molar refractivity (Wildman–Crippen MR) is 85.4 cm³/mol. The molecule has 20 heavy (non-hydrogen) atoms. The first-order valence-electron chi connectivity index (χ1n) is 6.73. The van der Waals surface area contributed by atoms with Crippen LogP contribution in [0.4, 0.5) is 5.69 Å². The fourth-order valence-electron chi connectivity index (χ4n) is 2.03. The van der Waals surface area contributed by atoms with Crippen LogP contribution < -0.4 is 5.32 Å². The lowest BCUT2D eigenvalue weighted by atomic mass is 10.1. The van der Waals surface area contributed by atoms with Crippen LogP contribution >= 0.6 is 15.9 Å². The molecule has 0 aliphatic carbocycles. The number of aliphatic hydroxyl groups is 1.